The van der Waals surface area contributed by atoms with E-state index in [0.29, 0.717) is 20.3 Å². The van der Waals surface area contributed by atoms with Crippen LogP contribution in [0, 0.1) is 30.4 Å². The van der Waals surface area contributed by atoms with Gasteiger partial charge in [0.15, 0.2) is 0 Å². The van der Waals surface area contributed by atoms with Crippen molar-refractivity contribution in [1.82, 2.24) is 0 Å². The molecule has 4 nitrogen and oxygen atoms in total. The molecule has 0 bridgehead atoms. The van der Waals surface area contributed by atoms with Gasteiger partial charge in [-0.1, -0.05) is 27.7 Å². The van der Waals surface area contributed by atoms with Crippen molar-refractivity contribution in [3.63, 3.8) is 0 Å². The first-order chi connectivity index (χ1) is 8.68. The number of halogens is 1. The zero-order valence-electron chi connectivity index (χ0n) is 11.7. The summed E-state index contributed by atoms with van der Waals surface area (Å²) in [5.74, 6) is 0.632. The van der Waals surface area contributed by atoms with Crippen LogP contribution in [0.2, 0.25) is 0 Å². The van der Waals surface area contributed by atoms with Crippen LogP contribution in [0.15, 0.2) is 18.2 Å². The van der Waals surface area contributed by atoms with E-state index in [-0.39, 0.29) is 10.6 Å². The summed E-state index contributed by atoms with van der Waals surface area (Å²) in [6.07, 6.45) is 0. The standard InChI is InChI=1S/C14H19IN2O2/c1-13(2)12(14(13,3)4)8-16-9-5-6-11(17(18)19)10(15)7-9/h5-7,12,16H,8H2,1-4H3. The molecule has 1 N–H and O–H groups in total. The summed E-state index contributed by atoms with van der Waals surface area (Å²) in [5, 5.41) is 14.2. The van der Waals surface area contributed by atoms with Gasteiger partial charge >= 0.3 is 0 Å². The molecular weight excluding hydrogens is 355 g/mol. The third kappa shape index (κ3) is 2.44. The van der Waals surface area contributed by atoms with Crippen LogP contribution in [-0.2, 0) is 0 Å². The SMILES string of the molecule is CC1(C)C(CNc2ccc([N+](=O)[O-])c(I)c2)C1(C)C. The van der Waals surface area contributed by atoms with E-state index in [0.717, 1.165) is 12.2 Å². The second-order valence-electron chi connectivity index (χ2n) is 6.30. The molecule has 1 aliphatic carbocycles. The number of nitrogens with one attached hydrogen (secondary N) is 1. The molecule has 0 spiro atoms. The monoisotopic (exact) mass is 374 g/mol. The van der Waals surface area contributed by atoms with Crippen LogP contribution in [0.4, 0.5) is 11.4 Å². The lowest BCUT2D eigenvalue weighted by Gasteiger charge is -2.08. The number of hydrogen-bond donors (Lipinski definition) is 1. The Hall–Kier alpha value is -0.850. The minimum absolute atomic E-state index is 0.165. The maximum atomic E-state index is 10.8. The highest BCUT2D eigenvalue weighted by Gasteiger charge is 2.63. The number of anilines is 1. The third-order valence-electron chi connectivity index (χ3n) is 4.97. The molecular formula is C14H19IN2O2. The van der Waals surface area contributed by atoms with Gasteiger partial charge in [-0.3, -0.25) is 10.1 Å². The Morgan fingerprint density at radius 3 is 2.32 bits per heavy atom. The van der Waals surface area contributed by atoms with Crippen molar-refractivity contribution >= 4 is 34.0 Å². The van der Waals surface area contributed by atoms with Crippen molar-refractivity contribution in [2.24, 2.45) is 16.7 Å². The summed E-state index contributed by atoms with van der Waals surface area (Å²) in [6, 6.07) is 5.18. The Kier molecular flexibility index (Phi) is 3.53. The molecule has 0 unspecified atom stereocenters. The molecule has 1 aliphatic rings. The van der Waals surface area contributed by atoms with E-state index < -0.39 is 0 Å². The third-order valence-corrected chi connectivity index (χ3v) is 5.84. The Labute approximate surface area is 127 Å². The molecule has 0 heterocycles. The lowest BCUT2D eigenvalue weighted by molar-refractivity contribution is -0.385. The highest BCUT2D eigenvalue weighted by atomic mass is 127. The smallest absolute Gasteiger partial charge is 0.282 e. The average Bonchev–Trinajstić information content (AvgIpc) is 2.66. The summed E-state index contributed by atoms with van der Waals surface area (Å²) in [5.41, 5.74) is 1.83. The molecule has 0 aromatic heterocycles. The van der Waals surface area contributed by atoms with Gasteiger partial charge in [0.1, 0.15) is 0 Å². The summed E-state index contributed by atoms with van der Waals surface area (Å²) < 4.78 is 0.668. The van der Waals surface area contributed by atoms with Crippen molar-refractivity contribution in [3.05, 3.63) is 31.9 Å². The average molecular weight is 374 g/mol. The minimum Gasteiger partial charge on any atom is -0.385 e. The zero-order chi connectivity index (χ0) is 14.4. The fraction of sp³-hybridized carbons (Fsp3) is 0.571. The van der Waals surface area contributed by atoms with Crippen molar-refractivity contribution in [2.45, 2.75) is 27.7 Å². The van der Waals surface area contributed by atoms with Gasteiger partial charge in [-0.25, -0.2) is 0 Å². The topological polar surface area (TPSA) is 55.2 Å². The molecule has 1 aromatic carbocycles. The summed E-state index contributed by atoms with van der Waals surface area (Å²) >= 11 is 2.01. The van der Waals surface area contributed by atoms with E-state index in [1.165, 1.54) is 0 Å². The second kappa shape index (κ2) is 4.61. The van der Waals surface area contributed by atoms with Crippen molar-refractivity contribution in [1.29, 1.82) is 0 Å². The van der Waals surface area contributed by atoms with Gasteiger partial charge in [-0.05, 0) is 51.5 Å². The molecule has 0 amide bonds. The lowest BCUT2D eigenvalue weighted by atomic mass is 10.0. The summed E-state index contributed by atoms with van der Waals surface area (Å²) in [6.45, 7) is 10.1. The maximum absolute atomic E-state index is 10.8. The van der Waals surface area contributed by atoms with Gasteiger partial charge in [0, 0.05) is 18.3 Å². The number of nitrogens with zero attached hydrogens (tertiary/aromatic N) is 1. The van der Waals surface area contributed by atoms with Gasteiger partial charge < -0.3 is 5.32 Å². The molecule has 1 saturated carbocycles. The molecule has 5 heteroatoms. The first kappa shape index (κ1) is 14.6. The fourth-order valence-corrected chi connectivity index (χ4v) is 3.54. The molecule has 1 aromatic rings. The fourth-order valence-electron chi connectivity index (χ4n) is 2.83. The maximum Gasteiger partial charge on any atom is 0.282 e. The quantitative estimate of drug-likeness (QED) is 0.486. The van der Waals surface area contributed by atoms with Crippen molar-refractivity contribution in [3.8, 4) is 0 Å². The van der Waals surface area contributed by atoms with E-state index in [1.807, 2.05) is 28.7 Å². The molecule has 0 radical (unpaired) electrons. The number of hydrogen-bond acceptors (Lipinski definition) is 3. The van der Waals surface area contributed by atoms with Gasteiger partial charge in [-0.15, -0.1) is 0 Å². The molecule has 1 fully saturated rings. The number of benzene rings is 1. The number of nitro groups is 1. The van der Waals surface area contributed by atoms with Crippen LogP contribution < -0.4 is 5.32 Å². The largest absolute Gasteiger partial charge is 0.385 e. The van der Waals surface area contributed by atoms with E-state index in [9.17, 15) is 10.1 Å². The molecule has 0 saturated heterocycles. The van der Waals surface area contributed by atoms with Crippen LogP contribution >= 0.6 is 22.6 Å². The number of nitro benzene ring substituents is 1. The highest BCUT2D eigenvalue weighted by Crippen LogP contribution is 2.68. The summed E-state index contributed by atoms with van der Waals surface area (Å²) in [4.78, 5) is 10.4. The van der Waals surface area contributed by atoms with E-state index in [2.05, 4.69) is 33.0 Å². The second-order valence-corrected chi connectivity index (χ2v) is 7.46. The molecule has 0 atom stereocenters. The van der Waals surface area contributed by atoms with E-state index in [1.54, 1.807) is 12.1 Å². The van der Waals surface area contributed by atoms with Gasteiger partial charge in [0.05, 0.1) is 8.49 Å². The van der Waals surface area contributed by atoms with Gasteiger partial charge in [0.2, 0.25) is 0 Å². The van der Waals surface area contributed by atoms with E-state index in [4.69, 9.17) is 0 Å². The normalized spacial score (nSPS) is 20.1. The van der Waals surface area contributed by atoms with Crippen molar-refractivity contribution in [2.75, 3.05) is 11.9 Å². The Morgan fingerprint density at radius 2 is 1.89 bits per heavy atom. The Balaban J connectivity index is 2.02. The lowest BCUT2D eigenvalue weighted by Crippen LogP contribution is -2.08. The predicted molar refractivity (Wildman–Crippen MR) is 85.4 cm³/mol. The van der Waals surface area contributed by atoms with Crippen LogP contribution in [-0.4, -0.2) is 11.5 Å². The molecule has 104 valence electrons. The van der Waals surface area contributed by atoms with Crippen LogP contribution in [0.3, 0.4) is 0 Å². The Bertz CT molecular complexity index is 512. The van der Waals surface area contributed by atoms with Crippen molar-refractivity contribution < 1.29 is 4.92 Å². The van der Waals surface area contributed by atoms with Crippen LogP contribution in [0.5, 0.6) is 0 Å². The first-order valence-corrected chi connectivity index (χ1v) is 7.43. The van der Waals surface area contributed by atoms with Gasteiger partial charge in [0.25, 0.3) is 5.69 Å². The number of rotatable bonds is 4. The highest BCUT2D eigenvalue weighted by molar-refractivity contribution is 14.1. The zero-order valence-corrected chi connectivity index (χ0v) is 13.8. The predicted octanol–water partition coefficient (Wildman–Crippen LogP) is 4.29. The molecule has 19 heavy (non-hydrogen) atoms. The van der Waals surface area contributed by atoms with Gasteiger partial charge in [-0.2, -0.15) is 0 Å². The van der Waals surface area contributed by atoms with Crippen LogP contribution in [0.1, 0.15) is 27.7 Å². The molecule has 2 rings (SSSR count). The Morgan fingerprint density at radius 1 is 1.32 bits per heavy atom. The van der Waals surface area contributed by atoms with Crippen LogP contribution in [0.25, 0.3) is 0 Å². The first-order valence-electron chi connectivity index (χ1n) is 6.35. The minimum atomic E-state index is -0.349. The molecule has 0 aliphatic heterocycles. The van der Waals surface area contributed by atoms with E-state index >= 15 is 0 Å². The summed E-state index contributed by atoms with van der Waals surface area (Å²) in [7, 11) is 0.